The van der Waals surface area contributed by atoms with Crippen LogP contribution in [0.25, 0.3) is 11.4 Å². The number of nitrogens with one attached hydrogen (secondary N) is 1. The van der Waals surface area contributed by atoms with Gasteiger partial charge in [-0.25, -0.2) is 9.37 Å². The quantitative estimate of drug-likeness (QED) is 0.912. The number of carboxylic acids is 1. The second-order valence-electron chi connectivity index (χ2n) is 3.76. The second kappa shape index (κ2) is 5.30. The first-order valence-electron chi connectivity index (χ1n) is 5.28. The number of aromatic amines is 1. The minimum Gasteiger partial charge on any atom is -0.481 e. The molecule has 0 amide bonds. The van der Waals surface area contributed by atoms with Crippen LogP contribution in [-0.2, 0) is 11.2 Å². The van der Waals surface area contributed by atoms with Gasteiger partial charge in [0, 0.05) is 12.0 Å². The van der Waals surface area contributed by atoms with Crippen molar-refractivity contribution in [3.63, 3.8) is 0 Å². The molecule has 2 rings (SSSR count). The highest BCUT2D eigenvalue weighted by Gasteiger charge is 2.10. The largest absolute Gasteiger partial charge is 0.481 e. The van der Waals surface area contributed by atoms with E-state index in [4.69, 9.17) is 5.11 Å². The molecular formula is C12H10BrFN2O2. The van der Waals surface area contributed by atoms with Crippen LogP contribution in [0.15, 0.2) is 28.9 Å². The lowest BCUT2D eigenvalue weighted by Gasteiger charge is -1.96. The molecule has 1 aromatic heterocycles. The van der Waals surface area contributed by atoms with Crippen LogP contribution in [0, 0.1) is 5.82 Å². The number of carbonyl (C=O) groups is 1. The van der Waals surface area contributed by atoms with Gasteiger partial charge in [0.15, 0.2) is 0 Å². The van der Waals surface area contributed by atoms with E-state index in [2.05, 4.69) is 25.9 Å². The number of aryl methyl sites for hydroxylation is 1. The fraction of sp³-hybridized carbons (Fsp3) is 0.167. The van der Waals surface area contributed by atoms with Crippen LogP contribution < -0.4 is 0 Å². The number of carboxylic acid groups (broad SMARTS) is 1. The third-order valence-electron chi connectivity index (χ3n) is 2.43. The molecule has 0 aliphatic rings. The topological polar surface area (TPSA) is 66.0 Å². The maximum absolute atomic E-state index is 12.8. The normalized spacial score (nSPS) is 10.6. The molecule has 2 aromatic rings. The molecule has 1 aromatic carbocycles. The lowest BCUT2D eigenvalue weighted by atomic mass is 10.2. The molecular weight excluding hydrogens is 303 g/mol. The number of rotatable bonds is 4. The summed E-state index contributed by atoms with van der Waals surface area (Å²) in [6.45, 7) is 0. The Morgan fingerprint density at radius 2 is 2.06 bits per heavy atom. The van der Waals surface area contributed by atoms with Crippen molar-refractivity contribution in [2.75, 3.05) is 0 Å². The molecule has 0 atom stereocenters. The van der Waals surface area contributed by atoms with Crippen LogP contribution in [-0.4, -0.2) is 21.0 Å². The highest BCUT2D eigenvalue weighted by atomic mass is 79.9. The standard InChI is InChI=1S/C12H10BrFN2O2/c13-11-9(5-6-10(17)18)15-12(16-11)7-1-3-8(14)4-2-7/h1-4H,5-6H2,(H,15,16)(H,17,18). The molecule has 94 valence electrons. The van der Waals surface area contributed by atoms with Gasteiger partial charge in [-0.15, -0.1) is 0 Å². The summed E-state index contributed by atoms with van der Waals surface area (Å²) in [5, 5.41) is 8.63. The number of benzene rings is 1. The Labute approximate surface area is 111 Å². The van der Waals surface area contributed by atoms with Crippen molar-refractivity contribution in [1.82, 2.24) is 9.97 Å². The molecule has 0 aliphatic carbocycles. The van der Waals surface area contributed by atoms with E-state index >= 15 is 0 Å². The zero-order chi connectivity index (χ0) is 13.1. The van der Waals surface area contributed by atoms with Gasteiger partial charge in [0.25, 0.3) is 0 Å². The zero-order valence-corrected chi connectivity index (χ0v) is 10.9. The van der Waals surface area contributed by atoms with Crippen molar-refractivity contribution in [3.05, 3.63) is 40.4 Å². The van der Waals surface area contributed by atoms with Crippen molar-refractivity contribution in [1.29, 1.82) is 0 Å². The predicted octanol–water partition coefficient (Wildman–Crippen LogP) is 3.00. The van der Waals surface area contributed by atoms with Gasteiger partial charge in [0.1, 0.15) is 16.2 Å². The van der Waals surface area contributed by atoms with Crippen LogP contribution in [0.4, 0.5) is 4.39 Å². The molecule has 2 N–H and O–H groups in total. The summed E-state index contributed by atoms with van der Waals surface area (Å²) in [5.74, 6) is -0.586. The second-order valence-corrected chi connectivity index (χ2v) is 4.51. The van der Waals surface area contributed by atoms with Crippen LogP contribution in [0.5, 0.6) is 0 Å². The Kier molecular flexibility index (Phi) is 3.76. The maximum atomic E-state index is 12.8. The Hall–Kier alpha value is -1.69. The van der Waals surface area contributed by atoms with Crippen molar-refractivity contribution >= 4 is 21.9 Å². The van der Waals surface area contributed by atoms with Gasteiger partial charge in [-0.1, -0.05) is 0 Å². The van der Waals surface area contributed by atoms with E-state index in [9.17, 15) is 9.18 Å². The third kappa shape index (κ3) is 2.95. The van der Waals surface area contributed by atoms with Gasteiger partial charge >= 0.3 is 5.97 Å². The molecule has 18 heavy (non-hydrogen) atoms. The monoisotopic (exact) mass is 312 g/mol. The zero-order valence-electron chi connectivity index (χ0n) is 9.28. The molecule has 0 radical (unpaired) electrons. The van der Waals surface area contributed by atoms with E-state index in [0.29, 0.717) is 16.8 Å². The Morgan fingerprint density at radius 1 is 1.39 bits per heavy atom. The molecule has 0 spiro atoms. The summed E-state index contributed by atoms with van der Waals surface area (Å²) in [7, 11) is 0. The molecule has 0 aliphatic heterocycles. The van der Waals surface area contributed by atoms with Crippen molar-refractivity contribution in [3.8, 4) is 11.4 Å². The summed E-state index contributed by atoms with van der Waals surface area (Å²) in [6, 6.07) is 5.93. The van der Waals surface area contributed by atoms with Crippen LogP contribution >= 0.6 is 15.9 Å². The van der Waals surface area contributed by atoms with Crippen molar-refractivity contribution in [2.24, 2.45) is 0 Å². The van der Waals surface area contributed by atoms with Crippen LogP contribution in [0.3, 0.4) is 0 Å². The van der Waals surface area contributed by atoms with E-state index in [-0.39, 0.29) is 12.2 Å². The Balaban J connectivity index is 2.22. The summed E-state index contributed by atoms with van der Waals surface area (Å²) < 4.78 is 13.4. The van der Waals surface area contributed by atoms with Gasteiger partial charge in [-0.3, -0.25) is 4.79 Å². The minimum atomic E-state index is -0.861. The number of halogens is 2. The van der Waals surface area contributed by atoms with Gasteiger partial charge in [0.2, 0.25) is 0 Å². The maximum Gasteiger partial charge on any atom is 0.303 e. The number of H-pyrrole nitrogens is 1. The number of aromatic nitrogens is 2. The van der Waals surface area contributed by atoms with Crippen molar-refractivity contribution < 1.29 is 14.3 Å². The van der Waals surface area contributed by atoms with E-state index in [0.717, 1.165) is 11.3 Å². The predicted molar refractivity (Wildman–Crippen MR) is 67.6 cm³/mol. The molecule has 0 unspecified atom stereocenters. The summed E-state index contributed by atoms with van der Waals surface area (Å²) in [4.78, 5) is 17.8. The summed E-state index contributed by atoms with van der Waals surface area (Å²) in [5.41, 5.74) is 1.47. The molecule has 0 saturated carbocycles. The van der Waals surface area contributed by atoms with Crippen molar-refractivity contribution in [2.45, 2.75) is 12.8 Å². The van der Waals surface area contributed by atoms with E-state index in [1.165, 1.54) is 12.1 Å². The first kappa shape index (κ1) is 12.8. The van der Waals surface area contributed by atoms with Crippen LogP contribution in [0.1, 0.15) is 12.1 Å². The Morgan fingerprint density at radius 3 is 2.67 bits per heavy atom. The highest BCUT2D eigenvalue weighted by molar-refractivity contribution is 9.10. The number of hydrogen-bond donors (Lipinski definition) is 2. The molecule has 6 heteroatoms. The number of hydrogen-bond acceptors (Lipinski definition) is 2. The number of nitrogens with zero attached hydrogens (tertiary/aromatic N) is 1. The third-order valence-corrected chi connectivity index (χ3v) is 3.09. The fourth-order valence-electron chi connectivity index (χ4n) is 1.53. The lowest BCUT2D eigenvalue weighted by molar-refractivity contribution is -0.136. The van der Waals surface area contributed by atoms with Crippen LogP contribution in [0.2, 0.25) is 0 Å². The molecule has 1 heterocycles. The lowest BCUT2D eigenvalue weighted by Crippen LogP contribution is -1.98. The fourth-order valence-corrected chi connectivity index (χ4v) is 2.00. The van der Waals surface area contributed by atoms with E-state index in [1.54, 1.807) is 12.1 Å². The van der Waals surface area contributed by atoms with Gasteiger partial charge in [-0.2, -0.15) is 0 Å². The molecule has 0 bridgehead atoms. The number of aliphatic carboxylic acids is 1. The van der Waals surface area contributed by atoms with Gasteiger partial charge < -0.3 is 10.1 Å². The average molecular weight is 313 g/mol. The summed E-state index contributed by atoms with van der Waals surface area (Å²) in [6.07, 6.45) is 0.397. The van der Waals surface area contributed by atoms with E-state index < -0.39 is 5.97 Å². The first-order chi connectivity index (χ1) is 8.56. The van der Waals surface area contributed by atoms with Gasteiger partial charge in [-0.05, 0) is 40.2 Å². The molecule has 0 fully saturated rings. The Bertz CT molecular complexity index is 566. The van der Waals surface area contributed by atoms with E-state index in [1.807, 2.05) is 0 Å². The smallest absolute Gasteiger partial charge is 0.303 e. The SMILES string of the molecule is O=C(O)CCc1[nH]c(-c2ccc(F)cc2)nc1Br. The molecule has 0 saturated heterocycles. The molecule has 4 nitrogen and oxygen atoms in total. The summed E-state index contributed by atoms with van der Waals surface area (Å²) >= 11 is 3.27. The highest BCUT2D eigenvalue weighted by Crippen LogP contribution is 2.22. The first-order valence-corrected chi connectivity index (χ1v) is 6.07. The average Bonchev–Trinajstić information content (AvgIpc) is 2.69. The van der Waals surface area contributed by atoms with Gasteiger partial charge in [0.05, 0.1) is 12.1 Å². The number of imidazole rings is 1. The minimum absolute atomic E-state index is 0.0314.